The molecule has 70 valence electrons. The van der Waals surface area contributed by atoms with Gasteiger partial charge in [0, 0.05) is 20.0 Å². The van der Waals surface area contributed by atoms with Crippen molar-refractivity contribution in [2.45, 2.75) is 26.9 Å². The molecule has 5 nitrogen and oxygen atoms in total. The molecular weight excluding hydrogens is 168 g/mol. The van der Waals surface area contributed by atoms with Crippen molar-refractivity contribution >= 4 is 5.91 Å². The van der Waals surface area contributed by atoms with E-state index >= 15 is 0 Å². The number of carbonyl (C=O) groups is 1. The number of amides is 1. The molecule has 0 aliphatic carbocycles. The van der Waals surface area contributed by atoms with Gasteiger partial charge in [-0.15, -0.1) is 10.2 Å². The van der Waals surface area contributed by atoms with Gasteiger partial charge in [-0.3, -0.25) is 4.79 Å². The molecule has 0 atom stereocenters. The van der Waals surface area contributed by atoms with Crippen molar-refractivity contribution in [1.82, 2.24) is 19.7 Å². The first kappa shape index (κ1) is 8.22. The summed E-state index contributed by atoms with van der Waals surface area (Å²) in [7, 11) is 0. The monoisotopic (exact) mass is 180 g/mol. The molecule has 1 aromatic rings. The first-order valence-corrected chi connectivity index (χ1v) is 4.32. The SMILES string of the molecule is CC(=O)N1CCn2c(C)nnc2C1. The molecule has 0 radical (unpaired) electrons. The Kier molecular flexibility index (Phi) is 1.79. The molecule has 0 N–H and O–H groups in total. The van der Waals surface area contributed by atoms with Gasteiger partial charge in [-0.2, -0.15) is 0 Å². The molecule has 2 rings (SSSR count). The summed E-state index contributed by atoms with van der Waals surface area (Å²) >= 11 is 0. The van der Waals surface area contributed by atoms with Crippen molar-refractivity contribution in [2.75, 3.05) is 6.54 Å². The van der Waals surface area contributed by atoms with Gasteiger partial charge in [0.15, 0.2) is 5.82 Å². The fraction of sp³-hybridized carbons (Fsp3) is 0.625. The third kappa shape index (κ3) is 1.30. The predicted octanol–water partition coefficient (Wildman–Crippen LogP) is -0.0514. The molecule has 0 bridgehead atoms. The van der Waals surface area contributed by atoms with Crippen LogP contribution in [0.4, 0.5) is 0 Å². The highest BCUT2D eigenvalue weighted by atomic mass is 16.2. The van der Waals surface area contributed by atoms with Gasteiger partial charge in [0.2, 0.25) is 5.91 Å². The molecular formula is C8H12N4O. The van der Waals surface area contributed by atoms with Crippen LogP contribution in [0.5, 0.6) is 0 Å². The highest BCUT2D eigenvalue weighted by Crippen LogP contribution is 2.11. The van der Waals surface area contributed by atoms with Crippen LogP contribution in [-0.4, -0.2) is 32.1 Å². The average molecular weight is 180 g/mol. The maximum absolute atomic E-state index is 11.1. The molecule has 1 aliphatic heterocycles. The Hall–Kier alpha value is -1.39. The quantitative estimate of drug-likeness (QED) is 0.562. The average Bonchev–Trinajstić information content (AvgIpc) is 2.47. The molecule has 1 aromatic heterocycles. The normalized spacial score (nSPS) is 15.7. The van der Waals surface area contributed by atoms with Crippen LogP contribution in [-0.2, 0) is 17.9 Å². The van der Waals surface area contributed by atoms with Gasteiger partial charge in [0.05, 0.1) is 6.54 Å². The van der Waals surface area contributed by atoms with Gasteiger partial charge >= 0.3 is 0 Å². The first-order valence-electron chi connectivity index (χ1n) is 4.32. The van der Waals surface area contributed by atoms with Gasteiger partial charge in [0.25, 0.3) is 0 Å². The lowest BCUT2D eigenvalue weighted by atomic mass is 10.3. The van der Waals surface area contributed by atoms with E-state index in [4.69, 9.17) is 0 Å². The molecule has 0 spiro atoms. The summed E-state index contributed by atoms with van der Waals surface area (Å²) in [6.45, 7) is 5.68. The standard InChI is InChI=1S/C8H12N4O/c1-6-9-10-8-5-11(7(2)13)3-4-12(6)8/h3-5H2,1-2H3. The Morgan fingerprint density at radius 3 is 2.85 bits per heavy atom. The number of nitrogens with zero attached hydrogens (tertiary/aromatic N) is 4. The Morgan fingerprint density at radius 2 is 2.15 bits per heavy atom. The summed E-state index contributed by atoms with van der Waals surface area (Å²) < 4.78 is 2.06. The van der Waals surface area contributed by atoms with Crippen molar-refractivity contribution < 1.29 is 4.79 Å². The number of hydrogen-bond acceptors (Lipinski definition) is 3. The lowest BCUT2D eigenvalue weighted by Crippen LogP contribution is -2.37. The van der Waals surface area contributed by atoms with E-state index in [9.17, 15) is 4.79 Å². The van der Waals surface area contributed by atoms with E-state index < -0.39 is 0 Å². The highest BCUT2D eigenvalue weighted by molar-refractivity contribution is 5.73. The first-order chi connectivity index (χ1) is 6.18. The van der Waals surface area contributed by atoms with E-state index in [1.165, 1.54) is 0 Å². The van der Waals surface area contributed by atoms with Gasteiger partial charge in [-0.25, -0.2) is 0 Å². The maximum atomic E-state index is 11.1. The topological polar surface area (TPSA) is 51.0 Å². The van der Waals surface area contributed by atoms with Crippen molar-refractivity contribution in [3.63, 3.8) is 0 Å². The molecule has 5 heteroatoms. The summed E-state index contributed by atoms with van der Waals surface area (Å²) in [5.74, 6) is 1.92. The highest BCUT2D eigenvalue weighted by Gasteiger charge is 2.20. The van der Waals surface area contributed by atoms with Crippen molar-refractivity contribution in [2.24, 2.45) is 0 Å². The van der Waals surface area contributed by atoms with Crippen LogP contribution in [0.1, 0.15) is 18.6 Å². The molecule has 0 fully saturated rings. The Balaban J connectivity index is 2.25. The van der Waals surface area contributed by atoms with E-state index in [0.29, 0.717) is 6.54 Å². The lowest BCUT2D eigenvalue weighted by molar-refractivity contribution is -0.130. The number of carbonyl (C=O) groups excluding carboxylic acids is 1. The fourth-order valence-corrected chi connectivity index (χ4v) is 1.57. The van der Waals surface area contributed by atoms with Crippen LogP contribution in [0.2, 0.25) is 0 Å². The van der Waals surface area contributed by atoms with Crippen molar-refractivity contribution in [3.05, 3.63) is 11.6 Å². The second-order valence-corrected chi connectivity index (χ2v) is 3.26. The molecule has 0 saturated heterocycles. The zero-order valence-corrected chi connectivity index (χ0v) is 7.82. The molecule has 0 aromatic carbocycles. The van der Waals surface area contributed by atoms with Crippen LogP contribution in [0, 0.1) is 6.92 Å². The van der Waals surface area contributed by atoms with Crippen LogP contribution in [0.3, 0.4) is 0 Å². The molecule has 0 unspecified atom stereocenters. The zero-order chi connectivity index (χ0) is 9.42. The Morgan fingerprint density at radius 1 is 1.38 bits per heavy atom. The maximum Gasteiger partial charge on any atom is 0.219 e. The molecule has 1 amide bonds. The van der Waals surface area contributed by atoms with E-state index in [1.54, 1.807) is 11.8 Å². The van der Waals surface area contributed by atoms with Gasteiger partial charge < -0.3 is 9.47 Å². The zero-order valence-electron chi connectivity index (χ0n) is 7.82. The number of aromatic nitrogens is 3. The minimum absolute atomic E-state index is 0.104. The summed E-state index contributed by atoms with van der Waals surface area (Å²) in [6, 6.07) is 0. The second-order valence-electron chi connectivity index (χ2n) is 3.26. The van der Waals surface area contributed by atoms with Crippen LogP contribution in [0.25, 0.3) is 0 Å². The third-order valence-electron chi connectivity index (χ3n) is 2.38. The smallest absolute Gasteiger partial charge is 0.219 e. The molecule has 0 saturated carbocycles. The minimum Gasteiger partial charge on any atom is -0.334 e. The van der Waals surface area contributed by atoms with E-state index in [1.807, 2.05) is 6.92 Å². The Labute approximate surface area is 76.4 Å². The summed E-state index contributed by atoms with van der Waals surface area (Å²) in [5, 5.41) is 7.98. The molecule has 13 heavy (non-hydrogen) atoms. The lowest BCUT2D eigenvalue weighted by Gasteiger charge is -2.26. The van der Waals surface area contributed by atoms with Crippen LogP contribution >= 0.6 is 0 Å². The van der Waals surface area contributed by atoms with E-state index in [-0.39, 0.29) is 5.91 Å². The van der Waals surface area contributed by atoms with E-state index in [2.05, 4.69) is 14.8 Å². The van der Waals surface area contributed by atoms with Gasteiger partial charge in [-0.1, -0.05) is 0 Å². The number of aryl methyl sites for hydroxylation is 1. The van der Waals surface area contributed by atoms with E-state index in [0.717, 1.165) is 24.7 Å². The van der Waals surface area contributed by atoms with Crippen molar-refractivity contribution in [1.29, 1.82) is 0 Å². The molecule has 1 aliphatic rings. The largest absolute Gasteiger partial charge is 0.334 e. The summed E-state index contributed by atoms with van der Waals surface area (Å²) in [5.41, 5.74) is 0. The third-order valence-corrected chi connectivity index (χ3v) is 2.38. The molecule has 2 heterocycles. The summed E-state index contributed by atoms with van der Waals surface area (Å²) in [6.07, 6.45) is 0. The van der Waals surface area contributed by atoms with Crippen LogP contribution in [0.15, 0.2) is 0 Å². The number of rotatable bonds is 0. The predicted molar refractivity (Wildman–Crippen MR) is 45.9 cm³/mol. The van der Waals surface area contributed by atoms with Gasteiger partial charge in [0.1, 0.15) is 5.82 Å². The van der Waals surface area contributed by atoms with Crippen molar-refractivity contribution in [3.8, 4) is 0 Å². The Bertz CT molecular complexity index is 344. The second kappa shape index (κ2) is 2.83. The number of fused-ring (bicyclic) bond motifs is 1. The number of hydrogen-bond donors (Lipinski definition) is 0. The van der Waals surface area contributed by atoms with Gasteiger partial charge in [-0.05, 0) is 6.92 Å². The van der Waals surface area contributed by atoms with Crippen LogP contribution < -0.4 is 0 Å². The fourth-order valence-electron chi connectivity index (χ4n) is 1.57. The summed E-state index contributed by atoms with van der Waals surface area (Å²) in [4.78, 5) is 12.9. The minimum atomic E-state index is 0.104.